The number of anilines is 3. The molecule has 0 saturated heterocycles. The Labute approximate surface area is 223 Å². The molecule has 0 aliphatic carbocycles. The van der Waals surface area contributed by atoms with E-state index in [4.69, 9.17) is 16.3 Å². The van der Waals surface area contributed by atoms with Gasteiger partial charge in [-0.3, -0.25) is 4.79 Å². The number of nitrogens with zero attached hydrogens (tertiary/aromatic N) is 3. The van der Waals surface area contributed by atoms with Crippen LogP contribution in [0.5, 0.6) is 0 Å². The Hall–Kier alpha value is -2.47. The van der Waals surface area contributed by atoms with Gasteiger partial charge < -0.3 is 14.6 Å². The number of fused-ring (bicyclic) bond motifs is 1. The van der Waals surface area contributed by atoms with E-state index in [0.29, 0.717) is 35.2 Å². The highest BCUT2D eigenvalue weighted by Crippen LogP contribution is 2.35. The van der Waals surface area contributed by atoms with Crippen LogP contribution in [0.4, 0.5) is 21.5 Å². The van der Waals surface area contributed by atoms with Gasteiger partial charge in [-0.05, 0) is 49.2 Å². The third-order valence-corrected chi connectivity index (χ3v) is 9.73. The number of hydrogen-bond acceptors (Lipinski definition) is 6. The highest BCUT2D eigenvalue weighted by Gasteiger charge is 2.27. The smallest absolute Gasteiger partial charge is 0.261 e. The molecule has 3 aromatic rings. The predicted octanol–water partition coefficient (Wildman–Crippen LogP) is 5.64. The topological polar surface area (TPSA) is 93.5 Å². The van der Waals surface area contributed by atoms with Gasteiger partial charge in [0.15, 0.2) is 5.82 Å². The average molecular weight is 569 g/mol. The van der Waals surface area contributed by atoms with E-state index in [1.807, 2.05) is 0 Å². The quantitative estimate of drug-likeness (QED) is 0.183. The van der Waals surface area contributed by atoms with Crippen LogP contribution < -0.4 is 15.2 Å². The number of aryl methyl sites for hydroxylation is 2. The molecule has 0 spiro atoms. The molecule has 0 atom stereocenters. The second-order valence-electron chi connectivity index (χ2n) is 10.2. The van der Waals surface area contributed by atoms with Crippen molar-refractivity contribution in [1.29, 1.82) is 0 Å². The first kappa shape index (κ1) is 29.1. The van der Waals surface area contributed by atoms with Gasteiger partial charge in [0.1, 0.15) is 6.73 Å². The minimum atomic E-state index is -3.88. The van der Waals surface area contributed by atoms with Gasteiger partial charge in [0.2, 0.25) is 10.0 Å². The van der Waals surface area contributed by atoms with E-state index in [0.717, 1.165) is 10.3 Å². The first-order valence-corrected chi connectivity index (χ1v) is 17.7. The van der Waals surface area contributed by atoms with Crippen molar-refractivity contribution in [3.8, 4) is 0 Å². The van der Waals surface area contributed by atoms with Crippen LogP contribution >= 0.6 is 11.6 Å². The molecule has 202 valence electrons. The van der Waals surface area contributed by atoms with E-state index >= 15 is 4.39 Å². The van der Waals surface area contributed by atoms with E-state index in [1.54, 1.807) is 33.0 Å². The van der Waals surface area contributed by atoms with Crippen molar-refractivity contribution in [2.75, 3.05) is 28.7 Å². The van der Waals surface area contributed by atoms with E-state index in [1.165, 1.54) is 23.0 Å². The van der Waals surface area contributed by atoms with Crippen LogP contribution in [0.1, 0.15) is 18.9 Å². The number of benzene rings is 2. The summed E-state index contributed by atoms with van der Waals surface area (Å²) < 4.78 is 50.1. The van der Waals surface area contributed by atoms with Crippen LogP contribution in [-0.2, 0) is 21.8 Å². The van der Waals surface area contributed by atoms with Crippen molar-refractivity contribution in [2.24, 2.45) is 7.05 Å². The molecular weight excluding hydrogens is 535 g/mol. The number of ether oxygens (including phenoxy) is 1. The van der Waals surface area contributed by atoms with Crippen LogP contribution in [0, 0.1) is 12.7 Å². The van der Waals surface area contributed by atoms with Crippen molar-refractivity contribution in [2.45, 2.75) is 46.0 Å². The molecule has 2 aromatic carbocycles. The Morgan fingerprint density at radius 3 is 2.57 bits per heavy atom. The maximum atomic E-state index is 15.9. The van der Waals surface area contributed by atoms with Crippen molar-refractivity contribution < 1.29 is 17.5 Å². The van der Waals surface area contributed by atoms with E-state index < -0.39 is 23.9 Å². The van der Waals surface area contributed by atoms with Crippen molar-refractivity contribution in [3.63, 3.8) is 0 Å². The number of halogens is 2. The SMILES string of the molecule is CCCS(=O)(=O)N(COCC[Si](C)(C)C)c1cc(Cl)cc(Nc2ccc3ncn(C)c(=O)c3c2C)c1F. The predicted molar refractivity (Wildman–Crippen MR) is 152 cm³/mol. The summed E-state index contributed by atoms with van der Waals surface area (Å²) in [6.45, 7) is 10.1. The monoisotopic (exact) mass is 568 g/mol. The molecular formula is C25H34ClFN4O4SSi. The second-order valence-corrected chi connectivity index (χ2v) is 18.3. The molecule has 0 unspecified atom stereocenters. The zero-order chi connectivity index (χ0) is 27.5. The fourth-order valence-corrected chi connectivity index (χ4v) is 6.15. The van der Waals surface area contributed by atoms with Crippen molar-refractivity contribution in [3.05, 3.63) is 57.3 Å². The zero-order valence-corrected chi connectivity index (χ0v) is 24.6. The number of hydrogen-bond donors (Lipinski definition) is 1. The van der Waals surface area contributed by atoms with Crippen LogP contribution in [-0.4, -0.2) is 45.1 Å². The lowest BCUT2D eigenvalue weighted by atomic mass is 10.1. The Bertz CT molecular complexity index is 1460. The largest absolute Gasteiger partial charge is 0.360 e. The molecule has 12 heteroatoms. The van der Waals surface area contributed by atoms with Gasteiger partial charge in [-0.25, -0.2) is 22.1 Å². The fourth-order valence-electron chi connectivity index (χ4n) is 3.77. The van der Waals surface area contributed by atoms with Crippen LogP contribution in [0.15, 0.2) is 35.4 Å². The lowest BCUT2D eigenvalue weighted by Crippen LogP contribution is -2.36. The normalized spacial score (nSPS) is 12.2. The van der Waals surface area contributed by atoms with E-state index in [9.17, 15) is 13.2 Å². The van der Waals surface area contributed by atoms with Gasteiger partial charge in [0.25, 0.3) is 5.56 Å². The molecule has 1 N–H and O–H groups in total. The molecule has 0 amide bonds. The summed E-state index contributed by atoms with van der Waals surface area (Å²) in [7, 11) is -3.67. The summed E-state index contributed by atoms with van der Waals surface area (Å²) in [4.78, 5) is 17.0. The molecule has 0 radical (unpaired) electrons. The maximum Gasteiger partial charge on any atom is 0.261 e. The number of rotatable bonds is 11. The van der Waals surface area contributed by atoms with Crippen LogP contribution in [0.25, 0.3) is 10.9 Å². The van der Waals surface area contributed by atoms with Crippen molar-refractivity contribution in [1.82, 2.24) is 9.55 Å². The Kier molecular flexibility index (Phi) is 9.04. The summed E-state index contributed by atoms with van der Waals surface area (Å²) in [5, 5.41) is 3.54. The summed E-state index contributed by atoms with van der Waals surface area (Å²) in [5.74, 6) is -0.962. The third kappa shape index (κ3) is 6.89. The van der Waals surface area contributed by atoms with Gasteiger partial charge in [-0.15, -0.1) is 0 Å². The summed E-state index contributed by atoms with van der Waals surface area (Å²) >= 11 is 6.33. The van der Waals surface area contributed by atoms with Gasteiger partial charge in [-0.2, -0.15) is 0 Å². The van der Waals surface area contributed by atoms with Crippen LogP contribution in [0.3, 0.4) is 0 Å². The molecule has 0 aliphatic heterocycles. The van der Waals surface area contributed by atoms with Gasteiger partial charge in [-0.1, -0.05) is 38.2 Å². The molecule has 1 heterocycles. The summed E-state index contributed by atoms with van der Waals surface area (Å²) in [6, 6.07) is 6.86. The molecule has 0 aliphatic rings. The van der Waals surface area contributed by atoms with E-state index in [2.05, 4.69) is 29.9 Å². The number of nitrogens with one attached hydrogen (secondary N) is 1. The first-order chi connectivity index (χ1) is 17.2. The number of aromatic nitrogens is 2. The second kappa shape index (κ2) is 11.5. The lowest BCUT2D eigenvalue weighted by Gasteiger charge is -2.26. The van der Waals surface area contributed by atoms with E-state index in [-0.39, 0.29) is 34.4 Å². The Balaban J connectivity index is 2.03. The minimum absolute atomic E-state index is 0.0236. The van der Waals surface area contributed by atoms with Gasteiger partial charge in [0.05, 0.1) is 34.4 Å². The molecule has 3 rings (SSSR count). The molecule has 0 bridgehead atoms. The first-order valence-electron chi connectivity index (χ1n) is 12.0. The molecule has 0 saturated carbocycles. The van der Waals surface area contributed by atoms with Gasteiger partial charge >= 0.3 is 0 Å². The van der Waals surface area contributed by atoms with Gasteiger partial charge in [0, 0.05) is 32.4 Å². The zero-order valence-electron chi connectivity index (χ0n) is 22.1. The Morgan fingerprint density at radius 1 is 1.22 bits per heavy atom. The number of sulfonamides is 1. The fraction of sp³-hybridized carbons (Fsp3) is 0.440. The highest BCUT2D eigenvalue weighted by atomic mass is 35.5. The van der Waals surface area contributed by atoms with Crippen molar-refractivity contribution >= 4 is 57.7 Å². The Morgan fingerprint density at radius 2 is 1.92 bits per heavy atom. The van der Waals surface area contributed by atoms with Crippen LogP contribution in [0.2, 0.25) is 30.7 Å². The summed E-state index contributed by atoms with van der Waals surface area (Å²) in [6.07, 6.45) is 1.80. The highest BCUT2D eigenvalue weighted by molar-refractivity contribution is 7.92. The average Bonchev–Trinajstić information content (AvgIpc) is 2.79. The standard InChI is InChI=1S/C25H34ClFN4O4SSi/c1-7-11-36(33,34)31(16-35-10-12-37(4,5)6)22-14-18(26)13-21(24(22)27)29-19-8-9-20-23(17(19)2)25(32)30(3)15-28-20/h8-9,13-15,29H,7,10-12,16H2,1-6H3. The third-order valence-electron chi connectivity index (χ3n) is 5.91. The summed E-state index contributed by atoms with van der Waals surface area (Å²) in [5.41, 5.74) is 1.12. The maximum absolute atomic E-state index is 15.9. The molecule has 37 heavy (non-hydrogen) atoms. The minimum Gasteiger partial charge on any atom is -0.360 e. The molecule has 1 aromatic heterocycles. The lowest BCUT2D eigenvalue weighted by molar-refractivity contribution is 0.156. The molecule has 8 nitrogen and oxygen atoms in total. The molecule has 0 fully saturated rings.